The standard InChI is InChI=1S/C28H29N5O3S/c1-16-9-10-29-23(13-16)30-15-24-32-27(37-33-24)21-7-5-20(6-8-21)14-22(28(35)36)31-26(34)25-18(3)11-17(2)12-19(25)4/h5-13,22H,14-15H2,1-4H3,(H,29,30)(H,31,34)(H,35,36). The second-order valence-electron chi connectivity index (χ2n) is 9.13. The molecule has 2 heterocycles. The van der Waals surface area contributed by atoms with Gasteiger partial charge in [-0.1, -0.05) is 42.0 Å². The Kier molecular flexibility index (Phi) is 7.93. The molecule has 37 heavy (non-hydrogen) atoms. The van der Waals surface area contributed by atoms with E-state index in [4.69, 9.17) is 0 Å². The van der Waals surface area contributed by atoms with Crippen molar-refractivity contribution in [2.24, 2.45) is 0 Å². The van der Waals surface area contributed by atoms with Crippen molar-refractivity contribution in [1.29, 1.82) is 0 Å². The highest BCUT2D eigenvalue weighted by Crippen LogP contribution is 2.23. The van der Waals surface area contributed by atoms with Crippen LogP contribution in [0, 0.1) is 27.7 Å². The van der Waals surface area contributed by atoms with E-state index in [9.17, 15) is 14.7 Å². The summed E-state index contributed by atoms with van der Waals surface area (Å²) in [5.74, 6) is -0.0182. The van der Waals surface area contributed by atoms with Crippen LogP contribution in [0.2, 0.25) is 0 Å². The molecule has 8 nitrogen and oxygen atoms in total. The van der Waals surface area contributed by atoms with Crippen molar-refractivity contribution in [2.75, 3.05) is 5.32 Å². The van der Waals surface area contributed by atoms with E-state index >= 15 is 0 Å². The summed E-state index contributed by atoms with van der Waals surface area (Å²) >= 11 is 1.30. The third-order valence-corrected chi connectivity index (χ3v) is 6.76. The van der Waals surface area contributed by atoms with Gasteiger partial charge in [-0.05, 0) is 73.6 Å². The lowest BCUT2D eigenvalue weighted by Gasteiger charge is -2.17. The first-order valence-corrected chi connectivity index (χ1v) is 12.7. The molecule has 1 unspecified atom stereocenters. The van der Waals surface area contributed by atoms with E-state index in [-0.39, 0.29) is 12.3 Å². The van der Waals surface area contributed by atoms with Gasteiger partial charge in [-0.2, -0.15) is 4.37 Å². The van der Waals surface area contributed by atoms with E-state index in [0.717, 1.165) is 44.2 Å². The van der Waals surface area contributed by atoms with Crippen LogP contribution in [-0.2, 0) is 17.8 Å². The average molecular weight is 516 g/mol. The molecule has 0 aliphatic carbocycles. The van der Waals surface area contributed by atoms with Gasteiger partial charge in [0.05, 0.1) is 6.54 Å². The van der Waals surface area contributed by atoms with Crippen LogP contribution in [0.5, 0.6) is 0 Å². The highest BCUT2D eigenvalue weighted by Gasteiger charge is 2.23. The molecule has 0 aliphatic heterocycles. The Labute approximate surface area is 220 Å². The molecular weight excluding hydrogens is 486 g/mol. The number of hydrogen-bond acceptors (Lipinski definition) is 7. The van der Waals surface area contributed by atoms with Crippen LogP contribution in [0.15, 0.2) is 54.7 Å². The number of pyridine rings is 1. The number of aliphatic carboxylic acids is 1. The minimum absolute atomic E-state index is 0.167. The Bertz CT molecular complexity index is 1410. The van der Waals surface area contributed by atoms with Gasteiger partial charge in [-0.15, -0.1) is 0 Å². The lowest BCUT2D eigenvalue weighted by molar-refractivity contribution is -0.139. The molecule has 0 fully saturated rings. The fraction of sp³-hybridized carbons (Fsp3) is 0.250. The maximum Gasteiger partial charge on any atom is 0.326 e. The molecule has 0 saturated carbocycles. The van der Waals surface area contributed by atoms with Gasteiger partial charge >= 0.3 is 5.97 Å². The van der Waals surface area contributed by atoms with Crippen molar-refractivity contribution < 1.29 is 14.7 Å². The van der Waals surface area contributed by atoms with Crippen LogP contribution in [0.4, 0.5) is 5.82 Å². The molecule has 0 saturated heterocycles. The zero-order valence-electron chi connectivity index (χ0n) is 21.2. The van der Waals surface area contributed by atoms with Crippen LogP contribution in [-0.4, -0.2) is 37.4 Å². The minimum atomic E-state index is -1.08. The number of amides is 1. The van der Waals surface area contributed by atoms with E-state index in [1.807, 2.05) is 76.2 Å². The number of nitrogens with zero attached hydrogens (tertiary/aromatic N) is 3. The molecule has 0 radical (unpaired) electrons. The van der Waals surface area contributed by atoms with Crippen LogP contribution in [0.25, 0.3) is 10.6 Å². The maximum absolute atomic E-state index is 12.9. The summed E-state index contributed by atoms with van der Waals surface area (Å²) in [7, 11) is 0. The first kappa shape index (κ1) is 26.0. The van der Waals surface area contributed by atoms with E-state index in [1.54, 1.807) is 6.20 Å². The molecule has 4 aromatic rings. The molecule has 2 aromatic heterocycles. The second kappa shape index (κ2) is 11.3. The molecule has 0 spiro atoms. The van der Waals surface area contributed by atoms with Gasteiger partial charge in [0.25, 0.3) is 5.91 Å². The Hall–Kier alpha value is -4.11. The summed E-state index contributed by atoms with van der Waals surface area (Å²) in [4.78, 5) is 33.7. The molecule has 9 heteroatoms. The minimum Gasteiger partial charge on any atom is -0.480 e. The first-order chi connectivity index (χ1) is 17.7. The van der Waals surface area contributed by atoms with Crippen molar-refractivity contribution in [2.45, 2.75) is 46.7 Å². The van der Waals surface area contributed by atoms with E-state index < -0.39 is 12.0 Å². The number of carbonyl (C=O) groups excluding carboxylic acids is 1. The number of aryl methyl sites for hydroxylation is 4. The maximum atomic E-state index is 12.9. The largest absolute Gasteiger partial charge is 0.480 e. The quantitative estimate of drug-likeness (QED) is 0.291. The van der Waals surface area contributed by atoms with Crippen molar-refractivity contribution in [3.63, 3.8) is 0 Å². The van der Waals surface area contributed by atoms with E-state index in [2.05, 4.69) is 25.0 Å². The summed E-state index contributed by atoms with van der Waals surface area (Å²) < 4.78 is 4.42. The van der Waals surface area contributed by atoms with Crippen molar-refractivity contribution in [1.82, 2.24) is 19.7 Å². The third kappa shape index (κ3) is 6.56. The van der Waals surface area contributed by atoms with Crippen LogP contribution in [0.3, 0.4) is 0 Å². The fourth-order valence-corrected chi connectivity index (χ4v) is 4.92. The Morgan fingerprint density at radius 2 is 1.68 bits per heavy atom. The molecule has 1 atom stereocenters. The van der Waals surface area contributed by atoms with E-state index in [0.29, 0.717) is 17.9 Å². The summed E-state index contributed by atoms with van der Waals surface area (Å²) in [6.45, 7) is 8.16. The smallest absolute Gasteiger partial charge is 0.326 e. The first-order valence-electron chi connectivity index (χ1n) is 11.9. The lowest BCUT2D eigenvalue weighted by atomic mass is 9.98. The van der Waals surface area contributed by atoms with Gasteiger partial charge in [-0.3, -0.25) is 4.79 Å². The van der Waals surface area contributed by atoms with Gasteiger partial charge in [0.2, 0.25) is 0 Å². The van der Waals surface area contributed by atoms with Crippen molar-refractivity contribution >= 4 is 29.2 Å². The summed E-state index contributed by atoms with van der Waals surface area (Å²) in [6, 6.07) is 14.2. The summed E-state index contributed by atoms with van der Waals surface area (Å²) in [5.41, 5.74) is 6.04. The number of aromatic nitrogens is 3. The van der Waals surface area contributed by atoms with Crippen LogP contribution < -0.4 is 10.6 Å². The highest BCUT2D eigenvalue weighted by molar-refractivity contribution is 7.09. The van der Waals surface area contributed by atoms with Gasteiger partial charge in [-0.25, -0.2) is 14.8 Å². The zero-order chi connectivity index (χ0) is 26.5. The number of carboxylic acid groups (broad SMARTS) is 1. The van der Waals surface area contributed by atoms with Crippen LogP contribution >= 0.6 is 11.5 Å². The lowest BCUT2D eigenvalue weighted by Crippen LogP contribution is -2.42. The highest BCUT2D eigenvalue weighted by atomic mass is 32.1. The topological polar surface area (TPSA) is 117 Å². The number of hydrogen-bond donors (Lipinski definition) is 3. The predicted molar refractivity (Wildman–Crippen MR) is 145 cm³/mol. The Balaban J connectivity index is 1.40. The number of anilines is 1. The van der Waals surface area contributed by atoms with Crippen molar-refractivity contribution in [3.05, 3.63) is 93.9 Å². The molecule has 2 aromatic carbocycles. The molecule has 4 rings (SSSR count). The molecule has 0 aliphatic rings. The molecule has 190 valence electrons. The third-order valence-electron chi connectivity index (χ3n) is 5.96. The number of carbonyl (C=O) groups is 2. The predicted octanol–water partition coefficient (Wildman–Crippen LogP) is 4.87. The normalized spacial score (nSPS) is 11.7. The SMILES string of the molecule is Cc1ccnc(NCc2nsc(-c3ccc(CC(NC(=O)c4c(C)cc(C)cc4C)C(=O)O)cc3)n2)c1. The van der Waals surface area contributed by atoms with Gasteiger partial charge in [0.1, 0.15) is 16.9 Å². The van der Waals surface area contributed by atoms with E-state index in [1.165, 1.54) is 11.5 Å². The Morgan fingerprint density at radius 3 is 2.32 bits per heavy atom. The second-order valence-corrected chi connectivity index (χ2v) is 9.88. The zero-order valence-corrected chi connectivity index (χ0v) is 22.0. The van der Waals surface area contributed by atoms with Gasteiger partial charge in [0.15, 0.2) is 5.82 Å². The molecule has 3 N–H and O–H groups in total. The number of benzene rings is 2. The number of rotatable bonds is 9. The monoisotopic (exact) mass is 515 g/mol. The van der Waals surface area contributed by atoms with Gasteiger partial charge in [0, 0.05) is 23.7 Å². The Morgan fingerprint density at radius 1 is 0.973 bits per heavy atom. The average Bonchev–Trinajstić information content (AvgIpc) is 3.31. The molecular formula is C28H29N5O3S. The fourth-order valence-electron chi connectivity index (χ4n) is 4.23. The van der Waals surface area contributed by atoms with Gasteiger partial charge < -0.3 is 15.7 Å². The van der Waals surface area contributed by atoms with Crippen LogP contribution in [0.1, 0.15) is 44.0 Å². The molecule has 1 amide bonds. The van der Waals surface area contributed by atoms with Crippen molar-refractivity contribution in [3.8, 4) is 10.6 Å². The number of nitrogens with one attached hydrogen (secondary N) is 2. The summed E-state index contributed by atoms with van der Waals surface area (Å²) in [5, 5.41) is 16.4. The molecule has 0 bridgehead atoms. The number of carboxylic acids is 1. The summed E-state index contributed by atoms with van der Waals surface area (Å²) in [6.07, 6.45) is 1.92.